The van der Waals surface area contributed by atoms with E-state index >= 15 is 0 Å². The molecule has 0 spiro atoms. The summed E-state index contributed by atoms with van der Waals surface area (Å²) < 4.78 is 7.26. The van der Waals surface area contributed by atoms with E-state index in [9.17, 15) is 0 Å². The summed E-state index contributed by atoms with van der Waals surface area (Å²) in [5.41, 5.74) is 7.27. The van der Waals surface area contributed by atoms with Gasteiger partial charge in [0.15, 0.2) is 0 Å². The molecule has 19 heavy (non-hydrogen) atoms. The molecule has 0 aliphatic heterocycles. The molecule has 5 heteroatoms. The highest BCUT2D eigenvalue weighted by atomic mass is 16.5. The number of aryl methyl sites for hydroxylation is 2. The average Bonchev–Trinajstić information content (AvgIpc) is 2.69. The van der Waals surface area contributed by atoms with Crippen molar-refractivity contribution in [2.75, 3.05) is 6.61 Å². The molecule has 102 valence electrons. The van der Waals surface area contributed by atoms with Crippen LogP contribution in [0.4, 0.5) is 0 Å². The molecule has 0 radical (unpaired) electrons. The van der Waals surface area contributed by atoms with Gasteiger partial charge in [-0.2, -0.15) is 5.10 Å². The number of hydrogen-bond acceptors (Lipinski definition) is 4. The third-order valence-corrected chi connectivity index (χ3v) is 2.95. The third-order valence-electron chi connectivity index (χ3n) is 2.95. The molecule has 1 aromatic heterocycles. The third kappa shape index (κ3) is 3.32. The summed E-state index contributed by atoms with van der Waals surface area (Å²) in [7, 11) is 0. The Morgan fingerprint density at radius 1 is 1.26 bits per heavy atom. The van der Waals surface area contributed by atoms with Crippen molar-refractivity contribution in [2.24, 2.45) is 5.73 Å². The van der Waals surface area contributed by atoms with Gasteiger partial charge < -0.3 is 10.5 Å². The molecule has 0 aliphatic carbocycles. The van der Waals surface area contributed by atoms with Gasteiger partial charge >= 0.3 is 0 Å². The first-order chi connectivity index (χ1) is 9.10. The summed E-state index contributed by atoms with van der Waals surface area (Å²) >= 11 is 0. The topological polar surface area (TPSA) is 66.0 Å². The van der Waals surface area contributed by atoms with Gasteiger partial charge in [-0.15, -0.1) is 0 Å². The fourth-order valence-electron chi connectivity index (χ4n) is 2.00. The Morgan fingerprint density at radius 2 is 1.95 bits per heavy atom. The van der Waals surface area contributed by atoms with Crippen LogP contribution in [0.1, 0.15) is 30.2 Å². The Bertz CT molecular complexity index is 533. The predicted molar refractivity (Wildman–Crippen MR) is 74.0 cm³/mol. The molecular weight excluding hydrogens is 240 g/mol. The molecule has 1 unspecified atom stereocenters. The molecular formula is C14H20N4O. The van der Waals surface area contributed by atoms with Gasteiger partial charge in [0.05, 0.1) is 13.2 Å². The molecule has 0 aliphatic rings. The van der Waals surface area contributed by atoms with Crippen LogP contribution in [0.5, 0.6) is 5.75 Å². The summed E-state index contributed by atoms with van der Waals surface area (Å²) in [6, 6.07) is 7.77. The first kappa shape index (κ1) is 13.5. The maximum Gasteiger partial charge on any atom is 0.147 e. The molecule has 1 aromatic carbocycles. The van der Waals surface area contributed by atoms with Crippen LogP contribution in [0, 0.1) is 13.8 Å². The van der Waals surface area contributed by atoms with Gasteiger partial charge in [-0.25, -0.2) is 9.67 Å². The van der Waals surface area contributed by atoms with Gasteiger partial charge in [0.1, 0.15) is 17.4 Å². The summed E-state index contributed by atoms with van der Waals surface area (Å²) in [5, 5.41) is 4.32. The van der Waals surface area contributed by atoms with Crippen molar-refractivity contribution in [2.45, 2.75) is 33.4 Å². The van der Waals surface area contributed by atoms with Gasteiger partial charge in [0.25, 0.3) is 0 Å². The number of benzene rings is 1. The lowest BCUT2D eigenvalue weighted by molar-refractivity contribution is 0.340. The molecule has 0 saturated carbocycles. The van der Waals surface area contributed by atoms with Gasteiger partial charge in [-0.1, -0.05) is 12.1 Å². The zero-order valence-corrected chi connectivity index (χ0v) is 11.6. The van der Waals surface area contributed by atoms with Crippen LogP contribution in [0.25, 0.3) is 0 Å². The summed E-state index contributed by atoms with van der Waals surface area (Å²) in [6.45, 7) is 7.08. The fraction of sp³-hybridized carbons (Fsp3) is 0.429. The van der Waals surface area contributed by atoms with Crippen molar-refractivity contribution in [1.82, 2.24) is 14.8 Å². The molecule has 2 N–H and O–H groups in total. The SMILES string of the molecule is CCOc1ccc(C(N)Cn2nc(C)nc2C)cc1. The first-order valence-corrected chi connectivity index (χ1v) is 6.46. The molecule has 1 heterocycles. The second kappa shape index (κ2) is 5.84. The van der Waals surface area contributed by atoms with Crippen LogP contribution in [-0.4, -0.2) is 21.4 Å². The minimum absolute atomic E-state index is 0.101. The largest absolute Gasteiger partial charge is 0.494 e. The minimum Gasteiger partial charge on any atom is -0.494 e. The Balaban J connectivity index is 2.07. The highest BCUT2D eigenvalue weighted by Gasteiger charge is 2.10. The van der Waals surface area contributed by atoms with E-state index in [0.29, 0.717) is 13.2 Å². The number of rotatable bonds is 5. The van der Waals surface area contributed by atoms with Gasteiger partial charge in [-0.3, -0.25) is 0 Å². The van der Waals surface area contributed by atoms with Crippen molar-refractivity contribution in [1.29, 1.82) is 0 Å². The number of nitrogens with zero attached hydrogens (tertiary/aromatic N) is 3. The normalized spacial score (nSPS) is 12.4. The predicted octanol–water partition coefficient (Wildman–Crippen LogP) is 1.99. The van der Waals surface area contributed by atoms with Crippen molar-refractivity contribution in [3.8, 4) is 5.75 Å². The van der Waals surface area contributed by atoms with Gasteiger partial charge in [0.2, 0.25) is 0 Å². The quantitative estimate of drug-likeness (QED) is 0.893. The summed E-state index contributed by atoms with van der Waals surface area (Å²) in [4.78, 5) is 4.27. The Kier molecular flexibility index (Phi) is 4.16. The van der Waals surface area contributed by atoms with Crippen LogP contribution in [0.2, 0.25) is 0 Å². The van der Waals surface area contributed by atoms with E-state index < -0.39 is 0 Å². The zero-order chi connectivity index (χ0) is 13.8. The van der Waals surface area contributed by atoms with Crippen molar-refractivity contribution in [3.63, 3.8) is 0 Å². The smallest absolute Gasteiger partial charge is 0.147 e. The Labute approximate surface area is 113 Å². The number of ether oxygens (including phenoxy) is 1. The van der Waals surface area contributed by atoms with Crippen LogP contribution < -0.4 is 10.5 Å². The van der Waals surface area contributed by atoms with E-state index in [0.717, 1.165) is 23.0 Å². The van der Waals surface area contributed by atoms with E-state index in [2.05, 4.69) is 10.1 Å². The van der Waals surface area contributed by atoms with Gasteiger partial charge in [-0.05, 0) is 38.5 Å². The fourth-order valence-corrected chi connectivity index (χ4v) is 2.00. The maximum absolute atomic E-state index is 6.20. The van der Waals surface area contributed by atoms with Crippen molar-refractivity contribution in [3.05, 3.63) is 41.5 Å². The highest BCUT2D eigenvalue weighted by Crippen LogP contribution is 2.18. The van der Waals surface area contributed by atoms with Crippen LogP contribution in [-0.2, 0) is 6.54 Å². The Hall–Kier alpha value is -1.88. The standard InChI is InChI=1S/C14H20N4O/c1-4-19-13-7-5-12(6-8-13)14(15)9-18-11(3)16-10(2)17-18/h5-8,14H,4,9,15H2,1-3H3. The van der Waals surface area contributed by atoms with E-state index in [4.69, 9.17) is 10.5 Å². The lowest BCUT2D eigenvalue weighted by Crippen LogP contribution is -2.19. The average molecular weight is 260 g/mol. The van der Waals surface area contributed by atoms with Crippen molar-refractivity contribution < 1.29 is 4.74 Å². The van der Waals surface area contributed by atoms with Crippen LogP contribution in [0.3, 0.4) is 0 Å². The molecule has 1 atom stereocenters. The summed E-state index contributed by atoms with van der Waals surface area (Å²) in [5.74, 6) is 2.53. The zero-order valence-electron chi connectivity index (χ0n) is 11.6. The summed E-state index contributed by atoms with van der Waals surface area (Å²) in [6.07, 6.45) is 0. The molecule has 0 amide bonds. The second-order valence-corrected chi connectivity index (χ2v) is 4.50. The van der Waals surface area contributed by atoms with E-state index in [1.807, 2.05) is 49.7 Å². The minimum atomic E-state index is -0.101. The number of aromatic nitrogens is 3. The lowest BCUT2D eigenvalue weighted by Gasteiger charge is -2.13. The maximum atomic E-state index is 6.20. The van der Waals surface area contributed by atoms with E-state index in [1.54, 1.807) is 0 Å². The molecule has 0 fully saturated rings. The van der Waals surface area contributed by atoms with Gasteiger partial charge in [0, 0.05) is 6.04 Å². The molecule has 0 saturated heterocycles. The Morgan fingerprint density at radius 3 is 2.47 bits per heavy atom. The first-order valence-electron chi connectivity index (χ1n) is 6.46. The van der Waals surface area contributed by atoms with Crippen LogP contribution >= 0.6 is 0 Å². The number of hydrogen-bond donors (Lipinski definition) is 1. The molecule has 5 nitrogen and oxygen atoms in total. The molecule has 2 rings (SSSR count). The van der Waals surface area contributed by atoms with Crippen LogP contribution in [0.15, 0.2) is 24.3 Å². The van der Waals surface area contributed by atoms with E-state index in [1.165, 1.54) is 0 Å². The molecule has 0 bridgehead atoms. The molecule has 2 aromatic rings. The lowest BCUT2D eigenvalue weighted by atomic mass is 10.1. The monoisotopic (exact) mass is 260 g/mol. The number of nitrogens with two attached hydrogens (primary N) is 1. The highest BCUT2D eigenvalue weighted by molar-refractivity contribution is 5.29. The second-order valence-electron chi connectivity index (χ2n) is 4.50. The van der Waals surface area contributed by atoms with Crippen molar-refractivity contribution >= 4 is 0 Å². The van der Waals surface area contributed by atoms with E-state index in [-0.39, 0.29) is 6.04 Å².